The lowest BCUT2D eigenvalue weighted by Gasteiger charge is -2.35. The van der Waals surface area contributed by atoms with Gasteiger partial charge in [0.15, 0.2) is 0 Å². The van der Waals surface area contributed by atoms with Gasteiger partial charge in [-0.3, -0.25) is 19.7 Å². The Balaban J connectivity index is 1.99. The highest BCUT2D eigenvalue weighted by atomic mass is 19.1. The standard InChI is InChI=1S/C17H22FN3O4/c1-17(2,3)16(23)20-8-6-11(7-9-20)15(22)19-14-10-12(21(24)25)4-5-13(14)18/h4-5,10-11H,6-9H2,1-3H3,(H,19,22). The van der Waals surface area contributed by atoms with E-state index in [1.54, 1.807) is 4.90 Å². The molecule has 1 aliphatic heterocycles. The molecule has 1 fully saturated rings. The molecule has 1 heterocycles. The fraction of sp³-hybridized carbons (Fsp3) is 0.529. The Hall–Kier alpha value is -2.51. The van der Waals surface area contributed by atoms with Crippen molar-refractivity contribution >= 4 is 23.2 Å². The Bertz CT molecular complexity index is 692. The van der Waals surface area contributed by atoms with Gasteiger partial charge >= 0.3 is 0 Å². The molecule has 1 saturated heterocycles. The highest BCUT2D eigenvalue weighted by molar-refractivity contribution is 5.93. The highest BCUT2D eigenvalue weighted by Crippen LogP contribution is 2.26. The first-order valence-electron chi connectivity index (χ1n) is 8.14. The van der Waals surface area contributed by atoms with E-state index in [1.165, 1.54) is 0 Å². The second kappa shape index (κ2) is 7.16. The van der Waals surface area contributed by atoms with Gasteiger partial charge < -0.3 is 10.2 Å². The van der Waals surface area contributed by atoms with Crippen LogP contribution in [0.2, 0.25) is 0 Å². The van der Waals surface area contributed by atoms with E-state index in [0.717, 1.165) is 18.2 Å². The van der Waals surface area contributed by atoms with Gasteiger partial charge in [-0.05, 0) is 18.9 Å². The number of carbonyl (C=O) groups excluding carboxylic acids is 2. The number of amides is 2. The molecular weight excluding hydrogens is 329 g/mol. The molecule has 8 heteroatoms. The van der Waals surface area contributed by atoms with E-state index in [2.05, 4.69) is 5.32 Å². The maximum atomic E-state index is 13.8. The van der Waals surface area contributed by atoms with Crippen LogP contribution in [-0.2, 0) is 9.59 Å². The van der Waals surface area contributed by atoms with Crippen LogP contribution in [0.4, 0.5) is 15.8 Å². The van der Waals surface area contributed by atoms with Crippen LogP contribution >= 0.6 is 0 Å². The summed E-state index contributed by atoms with van der Waals surface area (Å²) in [5, 5.41) is 13.2. The highest BCUT2D eigenvalue weighted by Gasteiger charge is 2.32. The third-order valence-electron chi connectivity index (χ3n) is 4.21. The number of benzene rings is 1. The zero-order valence-electron chi connectivity index (χ0n) is 14.5. The van der Waals surface area contributed by atoms with Crippen molar-refractivity contribution in [3.8, 4) is 0 Å². The van der Waals surface area contributed by atoms with Crippen LogP contribution in [0.5, 0.6) is 0 Å². The second-order valence-corrected chi connectivity index (χ2v) is 7.23. The maximum absolute atomic E-state index is 13.8. The summed E-state index contributed by atoms with van der Waals surface area (Å²) in [6.07, 6.45) is 0.953. The van der Waals surface area contributed by atoms with Gasteiger partial charge in [0.2, 0.25) is 11.8 Å². The molecule has 1 aromatic carbocycles. The molecule has 0 unspecified atom stereocenters. The minimum absolute atomic E-state index is 0.0380. The first-order chi connectivity index (χ1) is 11.6. The third kappa shape index (κ3) is 4.52. The van der Waals surface area contributed by atoms with Crippen molar-refractivity contribution < 1.29 is 18.9 Å². The number of anilines is 1. The number of nitro benzene ring substituents is 1. The minimum Gasteiger partial charge on any atom is -0.342 e. The molecular formula is C17H22FN3O4. The van der Waals surface area contributed by atoms with Crippen LogP contribution in [0.25, 0.3) is 0 Å². The number of nitrogens with one attached hydrogen (secondary N) is 1. The molecule has 136 valence electrons. The average molecular weight is 351 g/mol. The Labute approximate surface area is 145 Å². The molecule has 1 N–H and O–H groups in total. The summed E-state index contributed by atoms with van der Waals surface area (Å²) in [6.45, 7) is 6.47. The van der Waals surface area contributed by atoms with Crippen LogP contribution in [0, 0.1) is 27.3 Å². The smallest absolute Gasteiger partial charge is 0.271 e. The Morgan fingerprint density at radius 2 is 1.88 bits per heavy atom. The number of piperidine rings is 1. The monoisotopic (exact) mass is 351 g/mol. The van der Waals surface area contributed by atoms with Crippen molar-refractivity contribution in [1.29, 1.82) is 0 Å². The molecule has 2 rings (SSSR count). The molecule has 1 aromatic rings. The molecule has 0 spiro atoms. The van der Waals surface area contributed by atoms with Gasteiger partial charge in [0.1, 0.15) is 5.82 Å². The lowest BCUT2D eigenvalue weighted by Crippen LogP contribution is -2.45. The summed E-state index contributed by atoms with van der Waals surface area (Å²) in [5.74, 6) is -1.43. The predicted molar refractivity (Wildman–Crippen MR) is 90.4 cm³/mol. The first-order valence-corrected chi connectivity index (χ1v) is 8.14. The predicted octanol–water partition coefficient (Wildman–Crippen LogP) is 2.96. The van der Waals surface area contributed by atoms with Gasteiger partial charge in [0, 0.05) is 36.6 Å². The van der Waals surface area contributed by atoms with Crippen molar-refractivity contribution in [1.82, 2.24) is 4.90 Å². The number of nitrogens with zero attached hydrogens (tertiary/aromatic N) is 2. The first kappa shape index (κ1) is 18.8. The van der Waals surface area contributed by atoms with Crippen LogP contribution in [0.15, 0.2) is 18.2 Å². The summed E-state index contributed by atoms with van der Waals surface area (Å²) in [4.78, 5) is 36.4. The van der Waals surface area contributed by atoms with E-state index in [9.17, 15) is 24.1 Å². The number of rotatable bonds is 3. The van der Waals surface area contributed by atoms with Gasteiger partial charge in [0.25, 0.3) is 5.69 Å². The van der Waals surface area contributed by atoms with E-state index in [4.69, 9.17) is 0 Å². The lowest BCUT2D eigenvalue weighted by molar-refractivity contribution is -0.384. The van der Waals surface area contributed by atoms with Crippen molar-refractivity contribution in [2.75, 3.05) is 18.4 Å². The van der Waals surface area contributed by atoms with Crippen molar-refractivity contribution in [3.63, 3.8) is 0 Å². The number of non-ortho nitro benzene ring substituents is 1. The van der Waals surface area contributed by atoms with Gasteiger partial charge in [-0.15, -0.1) is 0 Å². The quantitative estimate of drug-likeness (QED) is 0.669. The van der Waals surface area contributed by atoms with Crippen LogP contribution < -0.4 is 5.32 Å². The summed E-state index contributed by atoms with van der Waals surface area (Å²) < 4.78 is 13.8. The Morgan fingerprint density at radius 1 is 1.28 bits per heavy atom. The largest absolute Gasteiger partial charge is 0.342 e. The van der Waals surface area contributed by atoms with E-state index >= 15 is 0 Å². The summed E-state index contributed by atoms with van der Waals surface area (Å²) in [6, 6.07) is 3.01. The normalized spacial score (nSPS) is 15.8. The number of carbonyl (C=O) groups is 2. The van der Waals surface area contributed by atoms with Crippen LogP contribution in [0.3, 0.4) is 0 Å². The van der Waals surface area contributed by atoms with Gasteiger partial charge in [-0.1, -0.05) is 20.8 Å². The second-order valence-electron chi connectivity index (χ2n) is 7.23. The minimum atomic E-state index is -0.723. The zero-order chi connectivity index (χ0) is 18.8. The number of nitro groups is 1. The summed E-state index contributed by atoms with van der Waals surface area (Å²) in [5.41, 5.74) is -0.962. The third-order valence-corrected chi connectivity index (χ3v) is 4.21. The Morgan fingerprint density at radius 3 is 2.40 bits per heavy atom. The molecule has 0 saturated carbocycles. The fourth-order valence-corrected chi connectivity index (χ4v) is 2.78. The SMILES string of the molecule is CC(C)(C)C(=O)N1CCC(C(=O)Nc2cc([N+](=O)[O-])ccc2F)CC1. The molecule has 7 nitrogen and oxygen atoms in total. The molecule has 0 aromatic heterocycles. The summed E-state index contributed by atoms with van der Waals surface area (Å²) >= 11 is 0. The zero-order valence-corrected chi connectivity index (χ0v) is 14.5. The number of halogens is 1. The lowest BCUT2D eigenvalue weighted by atomic mass is 9.90. The van der Waals surface area contributed by atoms with Gasteiger partial charge in [0.05, 0.1) is 10.6 Å². The molecule has 2 amide bonds. The maximum Gasteiger partial charge on any atom is 0.271 e. The van der Waals surface area contributed by atoms with E-state index in [-0.39, 0.29) is 29.1 Å². The molecule has 25 heavy (non-hydrogen) atoms. The molecule has 0 bridgehead atoms. The Kier molecular flexibility index (Phi) is 5.39. The average Bonchev–Trinajstić information content (AvgIpc) is 2.55. The number of hydrogen-bond donors (Lipinski definition) is 1. The molecule has 0 atom stereocenters. The number of likely N-dealkylation sites (tertiary alicyclic amines) is 1. The van der Waals surface area contributed by atoms with E-state index < -0.39 is 16.2 Å². The van der Waals surface area contributed by atoms with Crippen molar-refractivity contribution in [2.24, 2.45) is 11.3 Å². The van der Waals surface area contributed by atoms with Crippen LogP contribution in [-0.4, -0.2) is 34.7 Å². The topological polar surface area (TPSA) is 92.6 Å². The summed E-state index contributed by atoms with van der Waals surface area (Å²) in [7, 11) is 0. The fourth-order valence-electron chi connectivity index (χ4n) is 2.78. The molecule has 0 radical (unpaired) electrons. The van der Waals surface area contributed by atoms with Crippen LogP contribution in [0.1, 0.15) is 33.6 Å². The van der Waals surface area contributed by atoms with Crippen molar-refractivity contribution in [3.05, 3.63) is 34.1 Å². The van der Waals surface area contributed by atoms with Gasteiger partial charge in [-0.2, -0.15) is 0 Å². The van der Waals surface area contributed by atoms with Crippen molar-refractivity contribution in [2.45, 2.75) is 33.6 Å². The molecule has 1 aliphatic rings. The molecule has 0 aliphatic carbocycles. The van der Waals surface area contributed by atoms with E-state index in [0.29, 0.717) is 25.9 Å². The van der Waals surface area contributed by atoms with Gasteiger partial charge in [-0.25, -0.2) is 4.39 Å². The number of hydrogen-bond acceptors (Lipinski definition) is 4. The van der Waals surface area contributed by atoms with E-state index in [1.807, 2.05) is 20.8 Å².